The molecule has 0 radical (unpaired) electrons. The van der Waals surface area contributed by atoms with Crippen LogP contribution in [0.15, 0.2) is 91.1 Å². The molecule has 0 N–H and O–H groups in total. The summed E-state index contributed by atoms with van der Waals surface area (Å²) in [7, 11) is 0. The van der Waals surface area contributed by atoms with Crippen LogP contribution in [-0.4, -0.2) is 43.7 Å². The highest BCUT2D eigenvalue weighted by Gasteiger charge is 2.17. The van der Waals surface area contributed by atoms with Crippen molar-refractivity contribution in [3.8, 4) is 17.2 Å². The van der Waals surface area contributed by atoms with Crippen LogP contribution in [0.2, 0.25) is 0 Å². The van der Waals surface area contributed by atoms with Crippen LogP contribution in [0.1, 0.15) is 93.0 Å². The van der Waals surface area contributed by atoms with E-state index in [1.54, 1.807) is 49.4 Å². The summed E-state index contributed by atoms with van der Waals surface area (Å²) in [6, 6.07) is 11.7. The minimum absolute atomic E-state index is 0.350. The molecule has 2 aromatic rings. The third-order valence-corrected chi connectivity index (χ3v) is 7.92. The number of carbonyl (C=O) groups excluding carboxylic acids is 4. The quantitative estimate of drug-likeness (QED) is 0.0526. The fraction of sp³-hybridized carbons (Fsp3) is 0.400. The SMILES string of the molecule is C=CC(=O)OCCCCCCCC1=CC=C(C(=O)Oc2ccc(OC(=O)c3ccc(OCCCCCCOC(=O)C=C)cc3)cc2C)CC1. The van der Waals surface area contributed by atoms with Crippen LogP contribution in [-0.2, 0) is 23.9 Å². The fourth-order valence-electron chi connectivity index (χ4n) is 5.07. The molecule has 0 spiro atoms. The Bertz CT molecular complexity index is 1480. The molecular weight excluding hydrogens is 624 g/mol. The Morgan fingerprint density at radius 1 is 0.653 bits per heavy atom. The molecule has 0 aliphatic heterocycles. The third kappa shape index (κ3) is 14.8. The van der Waals surface area contributed by atoms with Crippen molar-refractivity contribution in [3.05, 3.63) is 102 Å². The smallest absolute Gasteiger partial charge is 0.343 e. The summed E-state index contributed by atoms with van der Waals surface area (Å²) in [5.41, 5.74) is 3.01. The maximum Gasteiger partial charge on any atom is 0.343 e. The van der Waals surface area contributed by atoms with Gasteiger partial charge in [0.25, 0.3) is 0 Å². The van der Waals surface area contributed by atoms with Crippen LogP contribution in [0.3, 0.4) is 0 Å². The Hall–Kier alpha value is -4.92. The standard InChI is InChI=1S/C40H48O9/c1-4-37(41)46-27-13-8-6-7-11-15-31-16-18-32(19-17-31)40(44)49-36-25-24-35(29-30(36)3)48-39(43)33-20-22-34(23-21-33)45-26-12-9-10-14-28-47-38(42)5-2/h4-5,16,18,20-25,29H,1-2,6-15,17,19,26-28H2,3H3. The third-order valence-electron chi connectivity index (χ3n) is 7.92. The molecule has 0 aromatic heterocycles. The van der Waals surface area contributed by atoms with Crippen molar-refractivity contribution in [1.29, 1.82) is 0 Å². The van der Waals surface area contributed by atoms with Crippen LogP contribution in [0, 0.1) is 6.92 Å². The molecule has 0 unspecified atom stereocenters. The van der Waals surface area contributed by atoms with Crippen molar-refractivity contribution in [2.75, 3.05) is 19.8 Å². The first-order valence-electron chi connectivity index (χ1n) is 17.0. The highest BCUT2D eigenvalue weighted by molar-refractivity contribution is 5.92. The van der Waals surface area contributed by atoms with Crippen LogP contribution < -0.4 is 14.2 Å². The van der Waals surface area contributed by atoms with E-state index in [0.717, 1.165) is 76.7 Å². The number of aryl methyl sites for hydroxylation is 1. The molecule has 1 aliphatic rings. The second-order valence-corrected chi connectivity index (χ2v) is 11.8. The molecule has 0 heterocycles. The Morgan fingerprint density at radius 3 is 1.84 bits per heavy atom. The first kappa shape index (κ1) is 38.5. The number of ether oxygens (including phenoxy) is 5. The summed E-state index contributed by atoms with van der Waals surface area (Å²) < 4.78 is 26.9. The Labute approximate surface area is 289 Å². The van der Waals surface area contributed by atoms with Crippen molar-refractivity contribution < 1.29 is 42.9 Å². The fourth-order valence-corrected chi connectivity index (χ4v) is 5.07. The molecule has 1 aliphatic carbocycles. The van der Waals surface area contributed by atoms with E-state index in [1.807, 2.05) is 12.2 Å². The van der Waals surface area contributed by atoms with Crippen molar-refractivity contribution in [2.24, 2.45) is 0 Å². The Morgan fingerprint density at radius 2 is 1.24 bits per heavy atom. The van der Waals surface area contributed by atoms with Crippen LogP contribution in [0.5, 0.6) is 17.2 Å². The molecule has 0 saturated heterocycles. The van der Waals surface area contributed by atoms with Gasteiger partial charge in [-0.05, 0) is 113 Å². The van der Waals surface area contributed by atoms with Gasteiger partial charge in [0.05, 0.1) is 25.4 Å². The Balaban J connectivity index is 1.35. The molecule has 3 rings (SSSR count). The summed E-state index contributed by atoms with van der Waals surface area (Å²) >= 11 is 0. The number of hydrogen-bond donors (Lipinski definition) is 0. The van der Waals surface area contributed by atoms with E-state index >= 15 is 0 Å². The van der Waals surface area contributed by atoms with Gasteiger partial charge in [0.1, 0.15) is 17.2 Å². The molecule has 0 atom stereocenters. The summed E-state index contributed by atoms with van der Waals surface area (Å²) in [6.45, 7) is 9.92. The van der Waals surface area contributed by atoms with Gasteiger partial charge in [0.15, 0.2) is 0 Å². The molecule has 0 amide bonds. The van der Waals surface area contributed by atoms with E-state index in [-0.39, 0.29) is 11.9 Å². The zero-order valence-electron chi connectivity index (χ0n) is 28.5. The van der Waals surface area contributed by atoms with Gasteiger partial charge in [0.2, 0.25) is 0 Å². The van der Waals surface area contributed by atoms with Gasteiger partial charge in [-0.1, -0.05) is 50.1 Å². The number of unbranched alkanes of at least 4 members (excludes halogenated alkanes) is 7. The average molecular weight is 673 g/mol. The summed E-state index contributed by atoms with van der Waals surface area (Å²) in [5, 5.41) is 0. The second-order valence-electron chi connectivity index (χ2n) is 11.8. The number of benzene rings is 2. The van der Waals surface area contributed by atoms with Gasteiger partial charge >= 0.3 is 23.9 Å². The number of carbonyl (C=O) groups is 4. The molecule has 49 heavy (non-hydrogen) atoms. The van der Waals surface area contributed by atoms with Crippen molar-refractivity contribution in [3.63, 3.8) is 0 Å². The molecular formula is C40H48O9. The van der Waals surface area contributed by atoms with Gasteiger partial charge in [0, 0.05) is 17.7 Å². The van der Waals surface area contributed by atoms with E-state index in [9.17, 15) is 19.2 Å². The van der Waals surface area contributed by atoms with Gasteiger partial charge in [-0.3, -0.25) is 0 Å². The second kappa shape index (κ2) is 21.9. The number of hydrogen-bond acceptors (Lipinski definition) is 9. The lowest BCUT2D eigenvalue weighted by Gasteiger charge is -2.15. The zero-order valence-corrected chi connectivity index (χ0v) is 28.5. The maximum absolute atomic E-state index is 12.8. The predicted molar refractivity (Wildman–Crippen MR) is 188 cm³/mol. The van der Waals surface area contributed by atoms with Crippen molar-refractivity contribution >= 4 is 23.9 Å². The molecule has 0 bridgehead atoms. The van der Waals surface area contributed by atoms with Gasteiger partial charge in [-0.15, -0.1) is 0 Å². The minimum Gasteiger partial charge on any atom is -0.494 e. The monoisotopic (exact) mass is 672 g/mol. The zero-order chi connectivity index (χ0) is 35.3. The number of allylic oxidation sites excluding steroid dienone is 3. The minimum atomic E-state index is -0.505. The van der Waals surface area contributed by atoms with Crippen molar-refractivity contribution in [1.82, 2.24) is 0 Å². The van der Waals surface area contributed by atoms with E-state index in [1.165, 1.54) is 11.6 Å². The van der Waals surface area contributed by atoms with Gasteiger partial charge in [-0.2, -0.15) is 0 Å². The normalized spacial score (nSPS) is 12.2. The average Bonchev–Trinajstić information content (AvgIpc) is 3.11. The maximum atomic E-state index is 12.8. The number of esters is 4. The summed E-state index contributed by atoms with van der Waals surface area (Å²) in [5.74, 6) is -0.237. The van der Waals surface area contributed by atoms with Crippen LogP contribution >= 0.6 is 0 Å². The van der Waals surface area contributed by atoms with E-state index in [2.05, 4.69) is 13.2 Å². The highest BCUT2D eigenvalue weighted by atomic mass is 16.5. The largest absolute Gasteiger partial charge is 0.494 e. The van der Waals surface area contributed by atoms with E-state index in [4.69, 9.17) is 23.7 Å². The van der Waals surface area contributed by atoms with E-state index < -0.39 is 11.9 Å². The van der Waals surface area contributed by atoms with Crippen LogP contribution in [0.25, 0.3) is 0 Å². The highest BCUT2D eigenvalue weighted by Crippen LogP contribution is 2.28. The van der Waals surface area contributed by atoms with Gasteiger partial charge in [-0.25, -0.2) is 19.2 Å². The lowest BCUT2D eigenvalue weighted by atomic mass is 9.94. The molecule has 9 nitrogen and oxygen atoms in total. The molecule has 2 aromatic carbocycles. The Kier molecular flexibility index (Phi) is 17.2. The van der Waals surface area contributed by atoms with Gasteiger partial charge < -0.3 is 23.7 Å². The summed E-state index contributed by atoms with van der Waals surface area (Å²) in [6.07, 6.45) is 17.4. The number of rotatable bonds is 22. The molecule has 0 fully saturated rings. The molecule has 9 heteroatoms. The van der Waals surface area contributed by atoms with Crippen molar-refractivity contribution in [2.45, 2.75) is 84.0 Å². The summed E-state index contributed by atoms with van der Waals surface area (Å²) in [4.78, 5) is 47.6. The predicted octanol–water partition coefficient (Wildman–Crippen LogP) is 8.50. The first-order chi connectivity index (χ1) is 23.8. The lowest BCUT2D eigenvalue weighted by Crippen LogP contribution is -2.14. The molecule has 262 valence electrons. The topological polar surface area (TPSA) is 114 Å². The first-order valence-corrected chi connectivity index (χ1v) is 17.0. The molecule has 0 saturated carbocycles. The lowest BCUT2D eigenvalue weighted by molar-refractivity contribution is -0.138. The van der Waals surface area contributed by atoms with E-state index in [0.29, 0.717) is 60.2 Å². The van der Waals surface area contributed by atoms with Crippen LogP contribution in [0.4, 0.5) is 0 Å².